The third-order valence-electron chi connectivity index (χ3n) is 5.17. The van der Waals surface area contributed by atoms with E-state index in [1.165, 1.54) is 11.1 Å². The molecule has 2 aromatic rings. The lowest BCUT2D eigenvalue weighted by atomic mass is 9.94. The molecule has 27 heavy (non-hydrogen) atoms. The minimum atomic E-state index is 0.251. The second kappa shape index (κ2) is 8.55. The predicted molar refractivity (Wildman–Crippen MR) is 110 cm³/mol. The maximum absolute atomic E-state index is 9.55. The van der Waals surface area contributed by atoms with Gasteiger partial charge in [-0.25, -0.2) is 0 Å². The van der Waals surface area contributed by atoms with Gasteiger partial charge in [0, 0.05) is 69.7 Å². The van der Waals surface area contributed by atoms with E-state index in [0.717, 1.165) is 44.8 Å². The van der Waals surface area contributed by atoms with Crippen molar-refractivity contribution in [2.24, 2.45) is 12.5 Å². The van der Waals surface area contributed by atoms with Gasteiger partial charge >= 0.3 is 0 Å². The maximum Gasteiger partial charge on any atom is 0.0968 e. The summed E-state index contributed by atoms with van der Waals surface area (Å²) < 4.78 is 1.92. The Morgan fingerprint density at radius 3 is 2.56 bits per heavy atom. The van der Waals surface area contributed by atoms with E-state index in [0.29, 0.717) is 6.04 Å². The van der Waals surface area contributed by atoms with Gasteiger partial charge in [0.1, 0.15) is 0 Å². The zero-order chi connectivity index (χ0) is 19.4. The molecule has 1 aromatic heterocycles. The summed E-state index contributed by atoms with van der Waals surface area (Å²) in [5.41, 5.74) is 3.80. The number of piperazine rings is 1. The number of aliphatic hydroxyl groups excluding tert-OH is 1. The molecule has 3 rings (SSSR count). The van der Waals surface area contributed by atoms with Crippen molar-refractivity contribution in [3.8, 4) is 11.3 Å². The van der Waals surface area contributed by atoms with E-state index in [1.54, 1.807) is 0 Å². The average Bonchev–Trinajstić information content (AvgIpc) is 2.97. The van der Waals surface area contributed by atoms with Crippen LogP contribution in [0.15, 0.2) is 36.5 Å². The predicted octanol–water partition coefficient (Wildman–Crippen LogP) is 3.00. The Hall–Kier alpha value is -1.69. The van der Waals surface area contributed by atoms with Crippen LogP contribution in [0.2, 0.25) is 0 Å². The topological polar surface area (TPSA) is 44.5 Å². The Kier molecular flexibility index (Phi) is 6.35. The van der Waals surface area contributed by atoms with Gasteiger partial charge in [0.2, 0.25) is 0 Å². The van der Waals surface area contributed by atoms with Gasteiger partial charge in [-0.3, -0.25) is 14.5 Å². The first-order valence-corrected chi connectivity index (χ1v) is 10.0. The van der Waals surface area contributed by atoms with Crippen LogP contribution in [-0.4, -0.2) is 63.5 Å². The van der Waals surface area contributed by atoms with E-state index in [9.17, 15) is 5.11 Å². The zero-order valence-electron chi connectivity index (χ0n) is 17.2. The first-order chi connectivity index (χ1) is 12.9. The van der Waals surface area contributed by atoms with Gasteiger partial charge in [-0.2, -0.15) is 5.10 Å². The van der Waals surface area contributed by atoms with Crippen LogP contribution in [0.5, 0.6) is 0 Å². The van der Waals surface area contributed by atoms with Crippen molar-refractivity contribution in [1.29, 1.82) is 0 Å². The second-order valence-electron chi connectivity index (χ2n) is 8.97. The molecule has 0 aliphatic carbocycles. The molecule has 0 radical (unpaired) electrons. The van der Waals surface area contributed by atoms with Crippen LogP contribution in [0, 0.1) is 5.41 Å². The normalized spacial score (nSPS) is 19.5. The minimum Gasteiger partial charge on any atom is -0.396 e. The first kappa shape index (κ1) is 20.1. The van der Waals surface area contributed by atoms with E-state index in [2.05, 4.69) is 61.0 Å². The molecule has 1 N–H and O–H groups in total. The molecular formula is C22H34N4O. The van der Waals surface area contributed by atoms with Crippen molar-refractivity contribution < 1.29 is 5.11 Å². The molecule has 5 nitrogen and oxygen atoms in total. The lowest BCUT2D eigenvalue weighted by Gasteiger charge is -2.44. The van der Waals surface area contributed by atoms with Gasteiger partial charge < -0.3 is 5.11 Å². The van der Waals surface area contributed by atoms with Crippen molar-refractivity contribution in [2.45, 2.75) is 39.8 Å². The number of hydrogen-bond donors (Lipinski definition) is 1. The highest BCUT2D eigenvalue weighted by Gasteiger charge is 2.30. The Morgan fingerprint density at radius 1 is 1.15 bits per heavy atom. The number of rotatable bonds is 6. The Balaban J connectivity index is 1.72. The van der Waals surface area contributed by atoms with Gasteiger partial charge in [-0.15, -0.1) is 0 Å². The SMILES string of the molecule is Cn1cc(CN2CCN(CC(C)(C)C)[C@@H](CCO)C2)c(-c2ccccc2)n1. The highest BCUT2D eigenvalue weighted by molar-refractivity contribution is 5.62. The van der Waals surface area contributed by atoms with Crippen LogP contribution < -0.4 is 0 Å². The quantitative estimate of drug-likeness (QED) is 0.849. The van der Waals surface area contributed by atoms with Gasteiger partial charge in [-0.1, -0.05) is 51.1 Å². The summed E-state index contributed by atoms with van der Waals surface area (Å²) in [6.45, 7) is 12.2. The molecule has 2 heterocycles. The third kappa shape index (κ3) is 5.41. The third-order valence-corrected chi connectivity index (χ3v) is 5.17. The number of aromatic nitrogens is 2. The smallest absolute Gasteiger partial charge is 0.0968 e. The number of benzene rings is 1. The number of aryl methyl sites for hydroxylation is 1. The summed E-state index contributed by atoms with van der Waals surface area (Å²) in [6.07, 6.45) is 2.98. The average molecular weight is 371 g/mol. The summed E-state index contributed by atoms with van der Waals surface area (Å²) in [5.74, 6) is 0. The fraction of sp³-hybridized carbons (Fsp3) is 0.591. The monoisotopic (exact) mass is 370 g/mol. The van der Waals surface area contributed by atoms with E-state index in [4.69, 9.17) is 5.10 Å². The molecule has 1 atom stereocenters. The molecule has 0 spiro atoms. The molecule has 1 aromatic carbocycles. The highest BCUT2D eigenvalue weighted by Crippen LogP contribution is 2.25. The molecule has 0 saturated carbocycles. The van der Waals surface area contributed by atoms with Crippen LogP contribution in [0.25, 0.3) is 11.3 Å². The zero-order valence-corrected chi connectivity index (χ0v) is 17.2. The Labute approximate surface area is 163 Å². The van der Waals surface area contributed by atoms with Gasteiger partial charge in [-0.05, 0) is 11.8 Å². The molecule has 0 amide bonds. The van der Waals surface area contributed by atoms with Crippen LogP contribution in [0.3, 0.4) is 0 Å². The summed E-state index contributed by atoms with van der Waals surface area (Å²) in [4.78, 5) is 5.08. The van der Waals surface area contributed by atoms with Crippen molar-refractivity contribution in [1.82, 2.24) is 19.6 Å². The molecular weight excluding hydrogens is 336 g/mol. The van der Waals surface area contributed by atoms with Gasteiger partial charge in [0.15, 0.2) is 0 Å². The van der Waals surface area contributed by atoms with Crippen LogP contribution in [0.4, 0.5) is 0 Å². The standard InChI is InChI=1S/C22H34N4O/c1-22(2,3)17-26-12-11-25(16-20(26)10-13-27)15-19-14-24(4)23-21(19)18-8-6-5-7-9-18/h5-9,14,20,27H,10-13,15-17H2,1-4H3/t20-/m0/s1. The molecule has 1 aliphatic rings. The summed E-state index contributed by atoms with van der Waals surface area (Å²) in [6, 6.07) is 10.8. The Bertz CT molecular complexity index is 720. The van der Waals surface area contributed by atoms with Crippen molar-refractivity contribution in [3.05, 3.63) is 42.1 Å². The number of aliphatic hydroxyl groups is 1. The second-order valence-corrected chi connectivity index (χ2v) is 8.97. The molecule has 0 unspecified atom stereocenters. The van der Waals surface area contributed by atoms with E-state index in [1.807, 2.05) is 17.8 Å². The maximum atomic E-state index is 9.55. The molecule has 5 heteroatoms. The van der Waals surface area contributed by atoms with Gasteiger partial charge in [0.05, 0.1) is 5.69 Å². The minimum absolute atomic E-state index is 0.251. The lowest BCUT2D eigenvalue weighted by molar-refractivity contribution is 0.0340. The van der Waals surface area contributed by atoms with Crippen molar-refractivity contribution in [2.75, 3.05) is 32.8 Å². The van der Waals surface area contributed by atoms with E-state index in [-0.39, 0.29) is 12.0 Å². The lowest BCUT2D eigenvalue weighted by Crippen LogP contribution is -2.54. The van der Waals surface area contributed by atoms with Crippen LogP contribution in [-0.2, 0) is 13.6 Å². The van der Waals surface area contributed by atoms with E-state index < -0.39 is 0 Å². The molecule has 1 fully saturated rings. The fourth-order valence-corrected chi connectivity index (χ4v) is 4.07. The first-order valence-electron chi connectivity index (χ1n) is 10.0. The van der Waals surface area contributed by atoms with Crippen LogP contribution in [0.1, 0.15) is 32.8 Å². The summed E-state index contributed by atoms with van der Waals surface area (Å²) in [5, 5.41) is 14.3. The van der Waals surface area contributed by atoms with Gasteiger partial charge in [0.25, 0.3) is 0 Å². The van der Waals surface area contributed by atoms with Crippen LogP contribution >= 0.6 is 0 Å². The molecule has 0 bridgehead atoms. The molecule has 148 valence electrons. The summed E-state index contributed by atoms with van der Waals surface area (Å²) in [7, 11) is 1.99. The molecule has 1 saturated heterocycles. The summed E-state index contributed by atoms with van der Waals surface area (Å²) >= 11 is 0. The van der Waals surface area contributed by atoms with Crippen molar-refractivity contribution >= 4 is 0 Å². The number of nitrogens with zero attached hydrogens (tertiary/aromatic N) is 4. The Morgan fingerprint density at radius 2 is 1.89 bits per heavy atom. The largest absolute Gasteiger partial charge is 0.396 e. The van der Waals surface area contributed by atoms with Crippen molar-refractivity contribution in [3.63, 3.8) is 0 Å². The molecule has 1 aliphatic heterocycles. The fourth-order valence-electron chi connectivity index (χ4n) is 4.07. The van der Waals surface area contributed by atoms with E-state index >= 15 is 0 Å². The number of hydrogen-bond acceptors (Lipinski definition) is 4. The highest BCUT2D eigenvalue weighted by atomic mass is 16.3.